The third kappa shape index (κ3) is 1.88. The first-order valence-corrected chi connectivity index (χ1v) is 7.05. The van der Waals surface area contributed by atoms with Gasteiger partial charge in [-0.2, -0.15) is 9.90 Å². The zero-order valence-corrected chi connectivity index (χ0v) is 11.3. The van der Waals surface area contributed by atoms with E-state index in [1.165, 1.54) is 0 Å². The Labute approximate surface area is 119 Å². The third-order valence-corrected chi connectivity index (χ3v) is 4.05. The van der Waals surface area contributed by atoms with Crippen molar-refractivity contribution in [2.75, 3.05) is 0 Å². The lowest BCUT2D eigenvalue weighted by Crippen LogP contribution is -1.97. The number of nitrogens with zero attached hydrogens (tertiary/aromatic N) is 4. The molecule has 0 atom stereocenters. The summed E-state index contributed by atoms with van der Waals surface area (Å²) in [4.78, 5) is 6.22. The SMILES string of the molecule is c1ccc(-n2ncc(-c3nc4ccccc4s3)n2)cc1. The maximum atomic E-state index is 4.59. The molecule has 2 aromatic heterocycles. The van der Waals surface area contributed by atoms with E-state index in [1.54, 1.807) is 22.3 Å². The van der Waals surface area contributed by atoms with E-state index in [0.29, 0.717) is 0 Å². The number of hydrogen-bond acceptors (Lipinski definition) is 4. The monoisotopic (exact) mass is 278 g/mol. The zero-order valence-electron chi connectivity index (χ0n) is 10.5. The lowest BCUT2D eigenvalue weighted by atomic mass is 10.3. The summed E-state index contributed by atoms with van der Waals surface area (Å²) in [6.07, 6.45) is 1.75. The molecule has 0 aliphatic rings. The number of aromatic nitrogens is 4. The summed E-state index contributed by atoms with van der Waals surface area (Å²) in [7, 11) is 0. The van der Waals surface area contributed by atoms with Crippen LogP contribution in [0.15, 0.2) is 60.8 Å². The molecule has 0 N–H and O–H groups in total. The van der Waals surface area contributed by atoms with E-state index in [1.807, 2.05) is 48.5 Å². The molecule has 4 nitrogen and oxygen atoms in total. The first-order valence-electron chi connectivity index (χ1n) is 6.24. The largest absolute Gasteiger partial charge is 0.234 e. The van der Waals surface area contributed by atoms with Crippen LogP contribution in [0.1, 0.15) is 0 Å². The van der Waals surface area contributed by atoms with Crippen LogP contribution in [-0.2, 0) is 0 Å². The molecule has 0 amide bonds. The van der Waals surface area contributed by atoms with Crippen LogP contribution in [0.2, 0.25) is 0 Å². The fraction of sp³-hybridized carbons (Fsp3) is 0. The van der Waals surface area contributed by atoms with Crippen LogP contribution in [0, 0.1) is 0 Å². The lowest BCUT2D eigenvalue weighted by molar-refractivity contribution is 0.754. The fourth-order valence-electron chi connectivity index (χ4n) is 2.03. The Kier molecular flexibility index (Phi) is 2.57. The minimum Gasteiger partial charge on any atom is -0.234 e. The Hall–Kier alpha value is -2.53. The molecule has 0 aliphatic heterocycles. The normalized spacial score (nSPS) is 11.0. The van der Waals surface area contributed by atoms with Gasteiger partial charge in [0.2, 0.25) is 0 Å². The molecular formula is C15H10N4S. The average Bonchev–Trinajstić information content (AvgIpc) is 3.14. The summed E-state index contributed by atoms with van der Waals surface area (Å²) in [5.41, 5.74) is 2.75. The Morgan fingerprint density at radius 1 is 0.900 bits per heavy atom. The minimum absolute atomic E-state index is 0.801. The third-order valence-electron chi connectivity index (χ3n) is 2.99. The van der Waals surface area contributed by atoms with Crippen molar-refractivity contribution in [3.05, 3.63) is 60.8 Å². The highest BCUT2D eigenvalue weighted by molar-refractivity contribution is 7.21. The van der Waals surface area contributed by atoms with E-state index < -0.39 is 0 Å². The molecule has 0 saturated heterocycles. The van der Waals surface area contributed by atoms with Crippen molar-refractivity contribution >= 4 is 21.6 Å². The fourth-order valence-corrected chi connectivity index (χ4v) is 2.94. The molecule has 20 heavy (non-hydrogen) atoms. The topological polar surface area (TPSA) is 43.6 Å². The van der Waals surface area contributed by atoms with E-state index >= 15 is 0 Å². The molecule has 0 aliphatic carbocycles. The molecular weight excluding hydrogens is 268 g/mol. The second-order valence-corrected chi connectivity index (χ2v) is 5.37. The van der Waals surface area contributed by atoms with Gasteiger partial charge < -0.3 is 0 Å². The maximum Gasteiger partial charge on any atom is 0.146 e. The van der Waals surface area contributed by atoms with Crippen LogP contribution in [0.4, 0.5) is 0 Å². The molecule has 0 fully saturated rings. The van der Waals surface area contributed by atoms with Crippen LogP contribution < -0.4 is 0 Å². The highest BCUT2D eigenvalue weighted by Crippen LogP contribution is 2.28. The summed E-state index contributed by atoms with van der Waals surface area (Å²) < 4.78 is 1.16. The molecule has 4 rings (SSSR count). The Morgan fingerprint density at radius 2 is 1.70 bits per heavy atom. The zero-order chi connectivity index (χ0) is 13.4. The van der Waals surface area contributed by atoms with Gasteiger partial charge in [-0.25, -0.2) is 4.98 Å². The van der Waals surface area contributed by atoms with Crippen LogP contribution in [0.5, 0.6) is 0 Å². The van der Waals surface area contributed by atoms with Gasteiger partial charge >= 0.3 is 0 Å². The van der Waals surface area contributed by atoms with Crippen LogP contribution in [-0.4, -0.2) is 20.0 Å². The number of rotatable bonds is 2. The summed E-state index contributed by atoms with van der Waals surface area (Å²) >= 11 is 1.63. The highest BCUT2D eigenvalue weighted by atomic mass is 32.1. The highest BCUT2D eigenvalue weighted by Gasteiger charge is 2.10. The number of hydrogen-bond donors (Lipinski definition) is 0. The molecule has 96 valence electrons. The molecule has 2 aromatic carbocycles. The molecule has 0 bridgehead atoms. The van der Waals surface area contributed by atoms with Crippen LogP contribution in [0.3, 0.4) is 0 Å². The number of para-hydroxylation sites is 2. The van der Waals surface area contributed by atoms with Crippen molar-refractivity contribution in [1.82, 2.24) is 20.0 Å². The summed E-state index contributed by atoms with van der Waals surface area (Å²) in [5, 5.41) is 9.70. The van der Waals surface area contributed by atoms with Crippen molar-refractivity contribution in [2.45, 2.75) is 0 Å². The van der Waals surface area contributed by atoms with Gasteiger partial charge in [-0.1, -0.05) is 30.3 Å². The van der Waals surface area contributed by atoms with E-state index in [-0.39, 0.29) is 0 Å². The number of fused-ring (bicyclic) bond motifs is 1. The Balaban J connectivity index is 1.78. The van der Waals surface area contributed by atoms with Gasteiger partial charge in [0.15, 0.2) is 0 Å². The van der Waals surface area contributed by atoms with Gasteiger partial charge in [-0.3, -0.25) is 0 Å². The predicted octanol–water partition coefficient (Wildman–Crippen LogP) is 3.54. The molecule has 0 radical (unpaired) electrons. The van der Waals surface area contributed by atoms with Crippen molar-refractivity contribution in [1.29, 1.82) is 0 Å². The molecule has 0 unspecified atom stereocenters. The molecule has 4 aromatic rings. The first-order chi connectivity index (χ1) is 9.90. The minimum atomic E-state index is 0.801. The van der Waals surface area contributed by atoms with Crippen molar-refractivity contribution in [3.8, 4) is 16.4 Å². The molecule has 2 heterocycles. The second kappa shape index (κ2) is 4.54. The van der Waals surface area contributed by atoms with Gasteiger partial charge in [-0.15, -0.1) is 16.4 Å². The quantitative estimate of drug-likeness (QED) is 0.563. The van der Waals surface area contributed by atoms with Crippen molar-refractivity contribution in [3.63, 3.8) is 0 Å². The Morgan fingerprint density at radius 3 is 2.55 bits per heavy atom. The standard InChI is InChI=1S/C15H10N4S/c1-2-6-11(7-3-1)19-16-10-13(18-19)15-17-12-8-4-5-9-14(12)20-15/h1-10H. The van der Waals surface area contributed by atoms with E-state index in [4.69, 9.17) is 0 Å². The predicted molar refractivity (Wildman–Crippen MR) is 80.0 cm³/mol. The van der Waals surface area contributed by atoms with Crippen LogP contribution >= 0.6 is 11.3 Å². The van der Waals surface area contributed by atoms with Gasteiger partial charge in [0.05, 0.1) is 22.1 Å². The number of benzene rings is 2. The van der Waals surface area contributed by atoms with E-state index in [2.05, 4.69) is 21.2 Å². The van der Waals surface area contributed by atoms with Crippen molar-refractivity contribution in [2.24, 2.45) is 0 Å². The van der Waals surface area contributed by atoms with Crippen molar-refractivity contribution < 1.29 is 0 Å². The molecule has 0 saturated carbocycles. The number of thiazole rings is 1. The van der Waals surface area contributed by atoms with Gasteiger partial charge in [0, 0.05) is 0 Å². The average molecular weight is 278 g/mol. The summed E-state index contributed by atoms with van der Waals surface area (Å²) in [5.74, 6) is 0. The lowest BCUT2D eigenvalue weighted by Gasteiger charge is -1.96. The van der Waals surface area contributed by atoms with Gasteiger partial charge in [-0.05, 0) is 24.3 Å². The first kappa shape index (κ1) is 11.3. The summed E-state index contributed by atoms with van der Waals surface area (Å²) in [6, 6.07) is 17.9. The molecule has 5 heteroatoms. The van der Waals surface area contributed by atoms with E-state index in [0.717, 1.165) is 26.6 Å². The second-order valence-electron chi connectivity index (χ2n) is 4.34. The van der Waals surface area contributed by atoms with Gasteiger partial charge in [0.25, 0.3) is 0 Å². The molecule has 0 spiro atoms. The summed E-state index contributed by atoms with van der Waals surface area (Å²) in [6.45, 7) is 0. The smallest absolute Gasteiger partial charge is 0.146 e. The Bertz CT molecular complexity index is 831. The van der Waals surface area contributed by atoms with Crippen LogP contribution in [0.25, 0.3) is 26.6 Å². The van der Waals surface area contributed by atoms with Gasteiger partial charge in [0.1, 0.15) is 10.7 Å². The van der Waals surface area contributed by atoms with E-state index in [9.17, 15) is 0 Å². The maximum absolute atomic E-state index is 4.59.